The second kappa shape index (κ2) is 5.35. The molecule has 1 aromatic heterocycles. The molecule has 1 amide bonds. The van der Waals surface area contributed by atoms with Gasteiger partial charge in [-0.25, -0.2) is 4.98 Å². The molecule has 0 radical (unpaired) electrons. The molecule has 1 heterocycles. The molecule has 18 heavy (non-hydrogen) atoms. The first kappa shape index (κ1) is 12.2. The van der Waals surface area contributed by atoms with Crippen molar-refractivity contribution in [1.29, 1.82) is 0 Å². The highest BCUT2D eigenvalue weighted by Gasteiger charge is 2.11. The molecule has 0 saturated carbocycles. The summed E-state index contributed by atoms with van der Waals surface area (Å²) in [5, 5.41) is 2.73. The van der Waals surface area contributed by atoms with Gasteiger partial charge in [0.2, 0.25) is 0 Å². The fraction of sp³-hybridized carbons (Fsp3) is 0.231. The molecule has 5 heteroatoms. The number of carbonyl (C=O) groups excluding carboxylic acids is 1. The van der Waals surface area contributed by atoms with Gasteiger partial charge >= 0.3 is 5.91 Å². The van der Waals surface area contributed by atoms with Crippen molar-refractivity contribution in [2.75, 3.05) is 7.11 Å². The van der Waals surface area contributed by atoms with Crippen LogP contribution in [0.15, 0.2) is 34.9 Å². The molecule has 2 rings (SSSR count). The van der Waals surface area contributed by atoms with Gasteiger partial charge in [0.1, 0.15) is 11.5 Å². The Bertz CT molecular complexity index is 531. The zero-order valence-electron chi connectivity index (χ0n) is 10.3. The van der Waals surface area contributed by atoms with Gasteiger partial charge in [0.25, 0.3) is 5.89 Å². The number of carbonyl (C=O) groups is 1. The maximum atomic E-state index is 11.7. The number of oxazole rings is 1. The SMILES string of the molecule is COc1ccc(CNC(=O)c2ncc(C)o2)cc1. The molecule has 0 fully saturated rings. The lowest BCUT2D eigenvalue weighted by molar-refractivity contribution is 0.0915. The molecule has 94 valence electrons. The number of nitrogens with one attached hydrogen (secondary N) is 1. The second-order valence-electron chi connectivity index (χ2n) is 3.81. The van der Waals surface area contributed by atoms with E-state index in [-0.39, 0.29) is 11.8 Å². The van der Waals surface area contributed by atoms with E-state index in [2.05, 4.69) is 10.3 Å². The molecule has 2 aromatic rings. The van der Waals surface area contributed by atoms with Crippen molar-refractivity contribution in [2.24, 2.45) is 0 Å². The highest BCUT2D eigenvalue weighted by molar-refractivity contribution is 5.89. The van der Waals surface area contributed by atoms with Crippen LogP contribution >= 0.6 is 0 Å². The average molecular weight is 246 g/mol. The third kappa shape index (κ3) is 2.88. The summed E-state index contributed by atoms with van der Waals surface area (Å²) in [6, 6.07) is 7.47. The van der Waals surface area contributed by atoms with Gasteiger partial charge in [0.05, 0.1) is 13.3 Å². The molecular weight excluding hydrogens is 232 g/mol. The Balaban J connectivity index is 1.92. The number of hydrogen-bond donors (Lipinski definition) is 1. The van der Waals surface area contributed by atoms with E-state index in [0.29, 0.717) is 12.3 Å². The van der Waals surface area contributed by atoms with E-state index in [1.807, 2.05) is 24.3 Å². The first-order valence-corrected chi connectivity index (χ1v) is 5.52. The summed E-state index contributed by atoms with van der Waals surface area (Å²) in [5.74, 6) is 1.16. The van der Waals surface area contributed by atoms with Gasteiger partial charge in [-0.15, -0.1) is 0 Å². The first-order chi connectivity index (χ1) is 8.69. The third-order valence-electron chi connectivity index (χ3n) is 2.43. The van der Waals surface area contributed by atoms with Crippen LogP contribution in [0.3, 0.4) is 0 Å². The van der Waals surface area contributed by atoms with E-state index in [1.165, 1.54) is 6.20 Å². The molecule has 1 N–H and O–H groups in total. The van der Waals surface area contributed by atoms with Gasteiger partial charge < -0.3 is 14.5 Å². The van der Waals surface area contributed by atoms with Crippen molar-refractivity contribution in [1.82, 2.24) is 10.3 Å². The largest absolute Gasteiger partial charge is 0.497 e. The van der Waals surface area contributed by atoms with Gasteiger partial charge in [0.15, 0.2) is 0 Å². The smallest absolute Gasteiger partial charge is 0.307 e. The van der Waals surface area contributed by atoms with E-state index >= 15 is 0 Å². The Kier molecular flexibility index (Phi) is 3.62. The van der Waals surface area contributed by atoms with Gasteiger partial charge in [-0.05, 0) is 24.6 Å². The Morgan fingerprint density at radius 3 is 2.67 bits per heavy atom. The molecule has 0 saturated heterocycles. The number of rotatable bonds is 4. The average Bonchev–Trinajstić information content (AvgIpc) is 2.83. The summed E-state index contributed by atoms with van der Waals surface area (Å²) in [5.41, 5.74) is 0.979. The van der Waals surface area contributed by atoms with Gasteiger partial charge in [0, 0.05) is 6.54 Å². The number of amides is 1. The van der Waals surface area contributed by atoms with Crippen LogP contribution in [0.25, 0.3) is 0 Å². The normalized spacial score (nSPS) is 10.1. The van der Waals surface area contributed by atoms with Crippen molar-refractivity contribution in [3.8, 4) is 5.75 Å². The molecule has 0 aliphatic heterocycles. The molecule has 0 bridgehead atoms. The van der Waals surface area contributed by atoms with Crippen molar-refractivity contribution in [2.45, 2.75) is 13.5 Å². The number of aromatic nitrogens is 1. The van der Waals surface area contributed by atoms with Crippen LogP contribution in [0.4, 0.5) is 0 Å². The number of aryl methyl sites for hydroxylation is 1. The van der Waals surface area contributed by atoms with Gasteiger partial charge in [-0.1, -0.05) is 12.1 Å². The molecule has 5 nitrogen and oxygen atoms in total. The van der Waals surface area contributed by atoms with Gasteiger partial charge in [-0.2, -0.15) is 0 Å². The van der Waals surface area contributed by atoms with Crippen LogP contribution in [-0.4, -0.2) is 18.0 Å². The topological polar surface area (TPSA) is 64.4 Å². The number of benzene rings is 1. The first-order valence-electron chi connectivity index (χ1n) is 5.52. The van der Waals surface area contributed by atoms with E-state index < -0.39 is 0 Å². The highest BCUT2D eigenvalue weighted by atomic mass is 16.5. The Morgan fingerprint density at radius 2 is 2.11 bits per heavy atom. The van der Waals surface area contributed by atoms with Crippen molar-refractivity contribution < 1.29 is 13.9 Å². The van der Waals surface area contributed by atoms with Crippen LogP contribution in [0.1, 0.15) is 22.0 Å². The Hall–Kier alpha value is -2.30. The molecule has 1 aromatic carbocycles. The number of nitrogens with zero attached hydrogens (tertiary/aromatic N) is 1. The van der Waals surface area contributed by atoms with Crippen LogP contribution < -0.4 is 10.1 Å². The lowest BCUT2D eigenvalue weighted by Crippen LogP contribution is -2.22. The number of ether oxygens (including phenoxy) is 1. The third-order valence-corrected chi connectivity index (χ3v) is 2.43. The monoisotopic (exact) mass is 246 g/mol. The quantitative estimate of drug-likeness (QED) is 0.895. The lowest BCUT2D eigenvalue weighted by Gasteiger charge is -2.04. The summed E-state index contributed by atoms with van der Waals surface area (Å²) in [6.45, 7) is 2.16. The predicted octanol–water partition coefficient (Wildman–Crippen LogP) is 1.92. The van der Waals surface area contributed by atoms with E-state index in [9.17, 15) is 4.79 Å². The molecule has 0 spiro atoms. The summed E-state index contributed by atoms with van der Waals surface area (Å²) < 4.78 is 10.2. The van der Waals surface area contributed by atoms with Crippen LogP contribution in [-0.2, 0) is 6.54 Å². The number of methoxy groups -OCH3 is 1. The van der Waals surface area contributed by atoms with Crippen LogP contribution in [0.2, 0.25) is 0 Å². The maximum absolute atomic E-state index is 11.7. The summed E-state index contributed by atoms with van der Waals surface area (Å²) >= 11 is 0. The fourth-order valence-corrected chi connectivity index (χ4v) is 1.46. The minimum Gasteiger partial charge on any atom is -0.497 e. The minimum absolute atomic E-state index is 0.0843. The summed E-state index contributed by atoms with van der Waals surface area (Å²) in [6.07, 6.45) is 1.52. The molecule has 0 aliphatic carbocycles. The molecule has 0 unspecified atom stereocenters. The van der Waals surface area contributed by atoms with Crippen molar-refractivity contribution in [3.63, 3.8) is 0 Å². The molecule has 0 aliphatic rings. The lowest BCUT2D eigenvalue weighted by atomic mass is 10.2. The maximum Gasteiger partial charge on any atom is 0.307 e. The van der Waals surface area contributed by atoms with E-state index in [0.717, 1.165) is 11.3 Å². The van der Waals surface area contributed by atoms with Crippen molar-refractivity contribution >= 4 is 5.91 Å². The Labute approximate surface area is 105 Å². The standard InChI is InChI=1S/C13H14N2O3/c1-9-7-15-13(18-9)12(16)14-8-10-3-5-11(17-2)6-4-10/h3-7H,8H2,1-2H3,(H,14,16). The zero-order chi connectivity index (χ0) is 13.0. The minimum atomic E-state index is -0.320. The molecule has 0 atom stereocenters. The van der Waals surface area contributed by atoms with E-state index in [4.69, 9.17) is 9.15 Å². The fourth-order valence-electron chi connectivity index (χ4n) is 1.46. The van der Waals surface area contributed by atoms with E-state index in [1.54, 1.807) is 14.0 Å². The Morgan fingerprint density at radius 1 is 1.39 bits per heavy atom. The zero-order valence-corrected chi connectivity index (χ0v) is 10.3. The number of hydrogen-bond acceptors (Lipinski definition) is 4. The van der Waals surface area contributed by atoms with Gasteiger partial charge in [-0.3, -0.25) is 4.79 Å². The summed E-state index contributed by atoms with van der Waals surface area (Å²) in [7, 11) is 1.61. The van der Waals surface area contributed by atoms with Crippen LogP contribution in [0.5, 0.6) is 5.75 Å². The van der Waals surface area contributed by atoms with Crippen LogP contribution in [0, 0.1) is 6.92 Å². The second-order valence-corrected chi connectivity index (χ2v) is 3.81. The van der Waals surface area contributed by atoms with Crippen molar-refractivity contribution in [3.05, 3.63) is 47.7 Å². The predicted molar refractivity (Wildman–Crippen MR) is 65.4 cm³/mol. The summed E-state index contributed by atoms with van der Waals surface area (Å²) in [4.78, 5) is 15.5. The highest BCUT2D eigenvalue weighted by Crippen LogP contribution is 2.11. The molecular formula is C13H14N2O3.